The third-order valence-corrected chi connectivity index (χ3v) is 3.68. The molecule has 2 bridgehead atoms. The van der Waals surface area contributed by atoms with Crippen molar-refractivity contribution in [2.75, 3.05) is 33.2 Å². The van der Waals surface area contributed by atoms with E-state index in [2.05, 4.69) is 25.8 Å². The van der Waals surface area contributed by atoms with Crippen molar-refractivity contribution in [2.45, 2.75) is 32.4 Å². The average molecular weight is 169 g/mol. The second-order valence-electron chi connectivity index (χ2n) is 5.02. The summed E-state index contributed by atoms with van der Waals surface area (Å²) in [6.07, 6.45) is 1.43. The Balaban J connectivity index is 2.07. The number of rotatable bonds is 1. The normalized spacial score (nSPS) is 42.5. The summed E-state index contributed by atoms with van der Waals surface area (Å²) in [5, 5.41) is 0. The average Bonchev–Trinajstić information content (AvgIpc) is 2.27. The van der Waals surface area contributed by atoms with Gasteiger partial charge in [0, 0.05) is 19.0 Å². The summed E-state index contributed by atoms with van der Waals surface area (Å²) >= 11 is 0. The van der Waals surface area contributed by atoms with E-state index in [9.17, 15) is 0 Å². The molecule has 0 unspecified atom stereocenters. The second-order valence-corrected chi connectivity index (χ2v) is 5.02. The molecule has 2 saturated heterocycles. The highest BCUT2D eigenvalue weighted by Gasteiger charge is 2.42. The van der Waals surface area contributed by atoms with Gasteiger partial charge in [-0.15, -0.1) is 0 Å². The van der Waals surface area contributed by atoms with Gasteiger partial charge in [-0.1, -0.05) is 0 Å². The van der Waals surface area contributed by atoms with E-state index in [1.165, 1.54) is 37.1 Å². The lowest BCUT2D eigenvalue weighted by Crippen LogP contribution is -2.56. The van der Waals surface area contributed by atoms with Gasteiger partial charge in [0.05, 0.1) is 32.7 Å². The van der Waals surface area contributed by atoms with Crippen LogP contribution in [-0.2, 0) is 0 Å². The van der Waals surface area contributed by atoms with Gasteiger partial charge < -0.3 is 4.48 Å². The zero-order valence-electron chi connectivity index (χ0n) is 8.58. The Morgan fingerprint density at radius 2 is 2.08 bits per heavy atom. The molecule has 2 aliphatic rings. The van der Waals surface area contributed by atoms with E-state index in [-0.39, 0.29) is 0 Å². The lowest BCUT2D eigenvalue weighted by atomic mass is 10.1. The highest BCUT2D eigenvalue weighted by Crippen LogP contribution is 2.27. The van der Waals surface area contributed by atoms with E-state index in [1.807, 2.05) is 0 Å². The number of likely N-dealkylation sites (N-methyl/N-ethyl adjacent to an activating group) is 1. The van der Waals surface area contributed by atoms with Gasteiger partial charge in [-0.05, 0) is 13.8 Å². The molecule has 70 valence electrons. The Kier molecular flexibility index (Phi) is 1.92. The van der Waals surface area contributed by atoms with Gasteiger partial charge in [0.15, 0.2) is 0 Å². The van der Waals surface area contributed by atoms with Gasteiger partial charge in [0.1, 0.15) is 0 Å². The van der Waals surface area contributed by atoms with Gasteiger partial charge in [-0.25, -0.2) is 0 Å². The maximum atomic E-state index is 2.69. The molecule has 0 radical (unpaired) electrons. The number of hydrogen-bond acceptors (Lipinski definition) is 1. The van der Waals surface area contributed by atoms with Gasteiger partial charge >= 0.3 is 0 Å². The first kappa shape index (κ1) is 8.52. The molecule has 2 nitrogen and oxygen atoms in total. The quantitative estimate of drug-likeness (QED) is 0.528. The van der Waals surface area contributed by atoms with Crippen LogP contribution < -0.4 is 0 Å². The van der Waals surface area contributed by atoms with Gasteiger partial charge in [0.25, 0.3) is 0 Å². The molecule has 0 aromatic rings. The molecule has 0 aromatic carbocycles. The Morgan fingerprint density at radius 1 is 1.33 bits per heavy atom. The third-order valence-electron chi connectivity index (χ3n) is 3.68. The molecule has 0 amide bonds. The first-order valence-electron chi connectivity index (χ1n) is 5.20. The van der Waals surface area contributed by atoms with Crippen LogP contribution in [-0.4, -0.2) is 54.7 Å². The van der Waals surface area contributed by atoms with Crippen LogP contribution in [0.1, 0.15) is 20.3 Å². The smallest absolute Gasteiger partial charge is 0.0945 e. The van der Waals surface area contributed by atoms with Crippen LogP contribution in [0.3, 0.4) is 0 Å². The van der Waals surface area contributed by atoms with Crippen LogP contribution >= 0.6 is 0 Å². The minimum absolute atomic E-state index is 0.752. The van der Waals surface area contributed by atoms with Crippen molar-refractivity contribution in [1.29, 1.82) is 0 Å². The van der Waals surface area contributed by atoms with Crippen molar-refractivity contribution in [3.8, 4) is 0 Å². The van der Waals surface area contributed by atoms with Gasteiger partial charge in [-0.3, -0.25) is 4.90 Å². The highest BCUT2D eigenvalue weighted by atomic mass is 15.4. The molecule has 2 fully saturated rings. The van der Waals surface area contributed by atoms with Crippen LogP contribution in [0.15, 0.2) is 0 Å². The van der Waals surface area contributed by atoms with E-state index < -0.39 is 0 Å². The van der Waals surface area contributed by atoms with Gasteiger partial charge in [0.2, 0.25) is 0 Å². The second kappa shape index (κ2) is 2.71. The molecule has 2 heterocycles. The first-order chi connectivity index (χ1) is 5.61. The maximum absolute atomic E-state index is 2.69. The molecule has 2 atom stereocenters. The number of piperazine rings is 1. The van der Waals surface area contributed by atoms with Crippen molar-refractivity contribution in [1.82, 2.24) is 4.90 Å². The standard InChI is InChI=1S/C10H21N2/c1-9(2)11-5-7-12(3)6-4-10(11)8-12/h9-10H,4-8H2,1-3H3/q+1/t10-,12-/m0/s1. The summed E-state index contributed by atoms with van der Waals surface area (Å²) in [5.74, 6) is 0. The summed E-state index contributed by atoms with van der Waals surface area (Å²) in [5.41, 5.74) is 0. The van der Waals surface area contributed by atoms with E-state index in [0.29, 0.717) is 0 Å². The molecule has 2 heteroatoms. The predicted molar refractivity (Wildman–Crippen MR) is 51.0 cm³/mol. The van der Waals surface area contributed by atoms with E-state index in [0.717, 1.165) is 12.1 Å². The van der Waals surface area contributed by atoms with Crippen LogP contribution in [0.5, 0.6) is 0 Å². The molecule has 0 spiro atoms. The summed E-state index contributed by atoms with van der Waals surface area (Å²) in [6.45, 7) is 10.2. The van der Waals surface area contributed by atoms with Crippen LogP contribution in [0, 0.1) is 0 Å². The zero-order valence-corrected chi connectivity index (χ0v) is 8.58. The number of fused-ring (bicyclic) bond motifs is 2. The lowest BCUT2D eigenvalue weighted by Gasteiger charge is -2.40. The zero-order chi connectivity index (χ0) is 8.77. The Labute approximate surface area is 75.7 Å². The number of hydrogen-bond donors (Lipinski definition) is 0. The summed E-state index contributed by atoms with van der Waals surface area (Å²) in [7, 11) is 2.41. The summed E-state index contributed by atoms with van der Waals surface area (Å²) in [6, 6.07) is 1.64. The monoisotopic (exact) mass is 169 g/mol. The largest absolute Gasteiger partial charge is 0.324 e. The van der Waals surface area contributed by atoms with Crippen molar-refractivity contribution in [2.24, 2.45) is 0 Å². The molecule has 0 saturated carbocycles. The SMILES string of the molecule is CC(C)N1CC[N@+]2(C)CC[C@H]1C2. The van der Waals surface area contributed by atoms with Crippen LogP contribution in [0.25, 0.3) is 0 Å². The van der Waals surface area contributed by atoms with Crippen molar-refractivity contribution in [3.05, 3.63) is 0 Å². The first-order valence-corrected chi connectivity index (χ1v) is 5.20. The van der Waals surface area contributed by atoms with Crippen molar-refractivity contribution >= 4 is 0 Å². The molecule has 0 aliphatic carbocycles. The Morgan fingerprint density at radius 3 is 2.75 bits per heavy atom. The van der Waals surface area contributed by atoms with Crippen LogP contribution in [0.4, 0.5) is 0 Å². The maximum Gasteiger partial charge on any atom is 0.0945 e. The van der Waals surface area contributed by atoms with Crippen LogP contribution in [0.2, 0.25) is 0 Å². The molecule has 2 aliphatic heterocycles. The minimum atomic E-state index is 0.752. The topological polar surface area (TPSA) is 3.24 Å². The summed E-state index contributed by atoms with van der Waals surface area (Å²) in [4.78, 5) is 2.69. The number of nitrogens with zero attached hydrogens (tertiary/aromatic N) is 2. The van der Waals surface area contributed by atoms with Crippen molar-refractivity contribution in [3.63, 3.8) is 0 Å². The van der Waals surface area contributed by atoms with E-state index >= 15 is 0 Å². The lowest BCUT2D eigenvalue weighted by molar-refractivity contribution is -0.902. The highest BCUT2D eigenvalue weighted by molar-refractivity contribution is 4.82. The summed E-state index contributed by atoms with van der Waals surface area (Å²) < 4.78 is 1.34. The van der Waals surface area contributed by atoms with E-state index in [4.69, 9.17) is 0 Å². The van der Waals surface area contributed by atoms with E-state index in [1.54, 1.807) is 0 Å². The fraction of sp³-hybridized carbons (Fsp3) is 1.00. The molecule has 0 aromatic heterocycles. The van der Waals surface area contributed by atoms with Crippen molar-refractivity contribution < 1.29 is 4.48 Å². The molecule has 2 rings (SSSR count). The molecule has 0 N–H and O–H groups in total. The fourth-order valence-electron chi connectivity index (χ4n) is 2.85. The molecule has 12 heavy (non-hydrogen) atoms. The minimum Gasteiger partial charge on any atom is -0.324 e. The molecular formula is C10H21N2+. The molecular weight excluding hydrogens is 148 g/mol. The fourth-order valence-corrected chi connectivity index (χ4v) is 2.85. The Hall–Kier alpha value is -0.0800. The third kappa shape index (κ3) is 1.27. The number of quaternary nitrogens is 1. The Bertz CT molecular complexity index is 179. The predicted octanol–water partition coefficient (Wildman–Crippen LogP) is 0.929. The van der Waals surface area contributed by atoms with Gasteiger partial charge in [-0.2, -0.15) is 0 Å².